The number of hydrogen-bond donors (Lipinski definition) is 3. The molecule has 0 amide bonds. The van der Waals surface area contributed by atoms with Crippen LogP contribution >= 0.6 is 15.6 Å². The number of aliphatic hydroxyl groups excluding tert-OH is 1. The fourth-order valence-electron chi connectivity index (χ4n) is 10.9. The van der Waals surface area contributed by atoms with E-state index in [9.17, 15) is 43.2 Å². The number of unbranched alkanes of at least 4 members (excludes halogenated alkanes) is 41. The van der Waals surface area contributed by atoms with E-state index in [4.69, 9.17) is 37.0 Å². The molecule has 5 atom stereocenters. The van der Waals surface area contributed by atoms with Gasteiger partial charge in [-0.05, 0) is 37.5 Å². The second-order valence-corrected chi connectivity index (χ2v) is 29.8. The van der Waals surface area contributed by atoms with Crippen molar-refractivity contribution in [1.29, 1.82) is 0 Å². The van der Waals surface area contributed by atoms with Gasteiger partial charge in [-0.25, -0.2) is 9.13 Å². The Morgan fingerprint density at radius 3 is 0.747 bits per heavy atom. The Kier molecular flexibility index (Phi) is 62.7. The van der Waals surface area contributed by atoms with E-state index in [2.05, 4.69) is 41.5 Å². The molecule has 0 bridgehead atoms. The first-order chi connectivity index (χ1) is 43.9. The molecule has 0 rings (SSSR count). The van der Waals surface area contributed by atoms with Crippen LogP contribution in [-0.4, -0.2) is 96.7 Å². The van der Waals surface area contributed by atoms with Crippen LogP contribution < -0.4 is 0 Å². The molecule has 2 unspecified atom stereocenters. The van der Waals surface area contributed by atoms with Crippen molar-refractivity contribution < 1.29 is 80.2 Å². The van der Waals surface area contributed by atoms with Crippen LogP contribution in [0, 0.1) is 11.8 Å². The number of phosphoric ester groups is 2. The number of hydrogen-bond acceptors (Lipinski definition) is 15. The second-order valence-electron chi connectivity index (χ2n) is 26.9. The Morgan fingerprint density at radius 1 is 0.297 bits per heavy atom. The molecule has 0 fully saturated rings. The van der Waals surface area contributed by atoms with Gasteiger partial charge < -0.3 is 33.8 Å². The molecule has 0 radical (unpaired) electrons. The highest BCUT2D eigenvalue weighted by atomic mass is 31.2. The molecule has 91 heavy (non-hydrogen) atoms. The molecule has 0 aliphatic carbocycles. The lowest BCUT2D eigenvalue weighted by Gasteiger charge is -2.21. The molecule has 0 saturated carbocycles. The van der Waals surface area contributed by atoms with E-state index in [1.165, 1.54) is 180 Å². The van der Waals surface area contributed by atoms with Crippen molar-refractivity contribution >= 4 is 39.5 Å². The van der Waals surface area contributed by atoms with E-state index in [1.807, 2.05) is 0 Å². The number of aliphatic hydroxyl groups is 1. The molecule has 0 heterocycles. The zero-order chi connectivity index (χ0) is 67.2. The Bertz CT molecular complexity index is 1770. The first-order valence-electron chi connectivity index (χ1n) is 37.5. The number of phosphoric acid groups is 2. The predicted molar refractivity (Wildman–Crippen MR) is 368 cm³/mol. The minimum Gasteiger partial charge on any atom is -0.462 e. The van der Waals surface area contributed by atoms with Gasteiger partial charge in [-0.3, -0.25) is 37.3 Å². The Hall–Kier alpha value is -1.94. The van der Waals surface area contributed by atoms with Crippen molar-refractivity contribution in [3.05, 3.63) is 0 Å². The van der Waals surface area contributed by atoms with E-state index in [0.29, 0.717) is 25.7 Å². The quantitative estimate of drug-likeness (QED) is 0.0222. The largest absolute Gasteiger partial charge is 0.472 e. The van der Waals surface area contributed by atoms with Gasteiger partial charge >= 0.3 is 39.5 Å². The van der Waals surface area contributed by atoms with E-state index in [1.54, 1.807) is 0 Å². The van der Waals surface area contributed by atoms with Crippen molar-refractivity contribution in [2.75, 3.05) is 39.6 Å². The summed E-state index contributed by atoms with van der Waals surface area (Å²) < 4.78 is 68.2. The van der Waals surface area contributed by atoms with Crippen LogP contribution in [0.2, 0.25) is 0 Å². The lowest BCUT2D eigenvalue weighted by molar-refractivity contribution is -0.161. The van der Waals surface area contributed by atoms with Gasteiger partial charge in [0.05, 0.1) is 26.4 Å². The number of esters is 4. The number of carbonyl (C=O) groups is 4. The molecule has 0 spiro atoms. The van der Waals surface area contributed by atoms with Gasteiger partial charge in [0.2, 0.25) is 0 Å². The van der Waals surface area contributed by atoms with Gasteiger partial charge in [-0.15, -0.1) is 0 Å². The fourth-order valence-corrected chi connectivity index (χ4v) is 12.5. The van der Waals surface area contributed by atoms with E-state index < -0.39 is 97.5 Å². The third-order valence-corrected chi connectivity index (χ3v) is 18.6. The number of rotatable bonds is 71. The van der Waals surface area contributed by atoms with E-state index in [0.717, 1.165) is 108 Å². The standard InChI is InChI=1S/C72H140O17P2/c1-7-9-11-13-15-29-38-44-50-56-71(76)88-67(60-82-69(74)54-48-42-36-16-14-12-10-8-2)62-86-90(78,79)84-58-66(73)59-85-91(80,81)87-63-68(61-83-70(75)55-49-43-37-32-28-27-31-35-41-47-53-65(5)6)89-72(77)57-51-45-39-33-26-24-22-20-18-17-19-21-23-25-30-34-40-46-52-64(3)4/h64-68,73H,7-63H2,1-6H3,(H,78,79)(H,80,81)/t66-,67+,68+/m0/s1. The third-order valence-electron chi connectivity index (χ3n) is 16.7. The molecular formula is C72H140O17P2. The minimum absolute atomic E-state index is 0.106. The highest BCUT2D eigenvalue weighted by Crippen LogP contribution is 2.45. The van der Waals surface area contributed by atoms with Crippen LogP contribution in [-0.2, 0) is 65.4 Å². The van der Waals surface area contributed by atoms with Crippen LogP contribution in [0.4, 0.5) is 0 Å². The maximum atomic E-state index is 13.0. The van der Waals surface area contributed by atoms with E-state index >= 15 is 0 Å². The van der Waals surface area contributed by atoms with Crippen molar-refractivity contribution in [3.8, 4) is 0 Å². The zero-order valence-corrected chi connectivity index (χ0v) is 60.9. The molecule has 0 aliphatic rings. The van der Waals surface area contributed by atoms with Crippen LogP contribution in [0.5, 0.6) is 0 Å². The summed E-state index contributed by atoms with van der Waals surface area (Å²) in [4.78, 5) is 72.4. The summed E-state index contributed by atoms with van der Waals surface area (Å²) in [6, 6.07) is 0. The van der Waals surface area contributed by atoms with Crippen molar-refractivity contribution in [1.82, 2.24) is 0 Å². The van der Waals surface area contributed by atoms with Crippen molar-refractivity contribution in [2.45, 2.75) is 387 Å². The summed E-state index contributed by atoms with van der Waals surface area (Å²) >= 11 is 0. The lowest BCUT2D eigenvalue weighted by atomic mass is 10.0. The molecule has 0 aliphatic heterocycles. The molecule has 3 N–H and O–H groups in total. The number of ether oxygens (including phenoxy) is 4. The smallest absolute Gasteiger partial charge is 0.462 e. The highest BCUT2D eigenvalue weighted by Gasteiger charge is 2.30. The average molecular weight is 1340 g/mol. The first-order valence-corrected chi connectivity index (χ1v) is 40.5. The summed E-state index contributed by atoms with van der Waals surface area (Å²) in [5.74, 6) is -0.547. The van der Waals surface area contributed by atoms with Gasteiger partial charge in [0.25, 0.3) is 0 Å². The molecule has 540 valence electrons. The van der Waals surface area contributed by atoms with Gasteiger partial charge in [0, 0.05) is 25.7 Å². The van der Waals surface area contributed by atoms with Gasteiger partial charge in [-0.2, -0.15) is 0 Å². The number of carbonyl (C=O) groups excluding carboxylic acids is 4. The third kappa shape index (κ3) is 66.5. The molecule has 0 aromatic heterocycles. The topological polar surface area (TPSA) is 237 Å². The van der Waals surface area contributed by atoms with Gasteiger partial charge in [0.1, 0.15) is 19.3 Å². The SMILES string of the molecule is CCCCCCCCCCCC(=O)O[C@H](COC(=O)CCCCCCCCCC)COP(=O)(O)OC[C@H](O)COP(=O)(O)OC[C@@H](COC(=O)CCCCCCCCCCCCC(C)C)OC(=O)CCCCCCCCCCCCCCCCCCCCC(C)C. The highest BCUT2D eigenvalue weighted by molar-refractivity contribution is 7.47. The lowest BCUT2D eigenvalue weighted by Crippen LogP contribution is -2.30. The van der Waals surface area contributed by atoms with Crippen molar-refractivity contribution in [3.63, 3.8) is 0 Å². The summed E-state index contributed by atoms with van der Waals surface area (Å²) in [5.41, 5.74) is 0. The van der Waals surface area contributed by atoms with Gasteiger partial charge in [-0.1, -0.05) is 318 Å². The molecule has 0 saturated heterocycles. The Morgan fingerprint density at radius 2 is 0.505 bits per heavy atom. The monoisotopic (exact) mass is 1340 g/mol. The maximum Gasteiger partial charge on any atom is 0.472 e. The average Bonchev–Trinajstić information content (AvgIpc) is 3.32. The molecular weight excluding hydrogens is 1200 g/mol. The Labute approximate surface area is 556 Å². The second kappa shape index (κ2) is 64.1. The van der Waals surface area contributed by atoms with Crippen LogP contribution in [0.1, 0.15) is 369 Å². The minimum atomic E-state index is -4.95. The summed E-state index contributed by atoms with van der Waals surface area (Å²) in [7, 11) is -9.89. The maximum absolute atomic E-state index is 13.0. The summed E-state index contributed by atoms with van der Waals surface area (Å²) in [5, 5.41) is 10.6. The van der Waals surface area contributed by atoms with Crippen LogP contribution in [0.15, 0.2) is 0 Å². The van der Waals surface area contributed by atoms with E-state index in [-0.39, 0.29) is 25.7 Å². The molecule has 0 aromatic carbocycles. The molecule has 17 nitrogen and oxygen atoms in total. The molecule has 19 heteroatoms. The van der Waals surface area contributed by atoms with Crippen molar-refractivity contribution in [2.24, 2.45) is 11.8 Å². The fraction of sp³-hybridized carbons (Fsp3) is 0.944. The Balaban J connectivity index is 5.15. The summed E-state index contributed by atoms with van der Waals surface area (Å²) in [6.07, 6.45) is 50.1. The first kappa shape index (κ1) is 89.1. The predicted octanol–water partition coefficient (Wildman–Crippen LogP) is 20.8. The molecule has 0 aromatic rings. The van der Waals surface area contributed by atoms with Gasteiger partial charge in [0.15, 0.2) is 12.2 Å². The normalized spacial score (nSPS) is 14.1. The van der Waals surface area contributed by atoms with Crippen LogP contribution in [0.25, 0.3) is 0 Å². The zero-order valence-electron chi connectivity index (χ0n) is 59.1. The summed E-state index contributed by atoms with van der Waals surface area (Å²) in [6.45, 7) is 9.55. The van der Waals surface area contributed by atoms with Crippen LogP contribution in [0.3, 0.4) is 0 Å².